The van der Waals surface area contributed by atoms with Crippen LogP contribution in [0.4, 0.5) is 0 Å². The lowest BCUT2D eigenvalue weighted by atomic mass is 10.2. The maximum absolute atomic E-state index is 12.7. The third kappa shape index (κ3) is 4.20. The second kappa shape index (κ2) is 7.69. The van der Waals surface area contributed by atoms with Gasteiger partial charge in [0, 0.05) is 11.8 Å². The normalized spacial score (nSPS) is 12.3. The molecule has 0 atom stereocenters. The Kier molecular flexibility index (Phi) is 5.48. The van der Waals surface area contributed by atoms with Gasteiger partial charge in [0.1, 0.15) is 6.54 Å². The Morgan fingerprint density at radius 3 is 2.61 bits per heavy atom. The van der Waals surface area contributed by atoms with Gasteiger partial charge in [0.25, 0.3) is 5.91 Å². The molecule has 9 heteroatoms. The number of aromatic nitrogens is 1. The number of rotatable bonds is 4. The summed E-state index contributed by atoms with van der Waals surface area (Å²) in [7, 11) is -2.15. The van der Waals surface area contributed by atoms with Gasteiger partial charge < -0.3 is 9.30 Å². The van der Waals surface area contributed by atoms with Gasteiger partial charge in [-0.05, 0) is 42.8 Å². The van der Waals surface area contributed by atoms with E-state index in [0.29, 0.717) is 4.80 Å². The molecule has 0 bridgehead atoms. The molecule has 1 aromatic heterocycles. The van der Waals surface area contributed by atoms with Gasteiger partial charge in [0.15, 0.2) is 14.6 Å². The highest BCUT2D eigenvalue weighted by Gasteiger charge is 2.14. The summed E-state index contributed by atoms with van der Waals surface area (Å²) in [5, 5.41) is 0. The molecule has 2 aromatic carbocycles. The number of methoxy groups -OCH3 is 1. The van der Waals surface area contributed by atoms with E-state index < -0.39 is 21.7 Å². The number of thiazole rings is 1. The first kappa shape index (κ1) is 20.0. The number of amides is 1. The van der Waals surface area contributed by atoms with Crippen LogP contribution in [0.5, 0.6) is 0 Å². The van der Waals surface area contributed by atoms with E-state index >= 15 is 0 Å². The van der Waals surface area contributed by atoms with Crippen molar-refractivity contribution in [1.29, 1.82) is 0 Å². The number of esters is 1. The maximum Gasteiger partial charge on any atom is 0.325 e. The molecule has 0 aliphatic heterocycles. The molecule has 0 aliphatic carbocycles. The van der Waals surface area contributed by atoms with E-state index in [1.54, 1.807) is 4.57 Å². The highest BCUT2D eigenvalue weighted by Crippen LogP contribution is 2.19. The fourth-order valence-electron chi connectivity index (χ4n) is 2.62. The Morgan fingerprint density at radius 2 is 1.93 bits per heavy atom. The minimum Gasteiger partial charge on any atom is -0.468 e. The molecule has 0 unspecified atom stereocenters. The first-order chi connectivity index (χ1) is 13.2. The van der Waals surface area contributed by atoms with Crippen molar-refractivity contribution in [2.24, 2.45) is 4.99 Å². The third-order valence-corrected chi connectivity index (χ3v) is 6.21. The quantitative estimate of drug-likeness (QED) is 0.606. The average Bonchev–Trinajstić information content (AvgIpc) is 2.97. The number of hydrogen-bond donors (Lipinski definition) is 0. The lowest BCUT2D eigenvalue weighted by Crippen LogP contribution is -2.22. The second-order valence-electron chi connectivity index (χ2n) is 6.24. The van der Waals surface area contributed by atoms with Crippen molar-refractivity contribution in [3.8, 4) is 0 Å². The molecule has 28 heavy (non-hydrogen) atoms. The van der Waals surface area contributed by atoms with E-state index in [0.717, 1.165) is 22.0 Å². The van der Waals surface area contributed by atoms with Crippen LogP contribution >= 0.6 is 11.3 Å². The SMILES string of the molecule is COC(=O)Cn1c(=NC(=O)c2cccc(S(C)(=O)=O)c2)sc2cc(C)ccc21. The van der Waals surface area contributed by atoms with Crippen molar-refractivity contribution in [3.63, 3.8) is 0 Å². The van der Waals surface area contributed by atoms with Crippen molar-refractivity contribution in [3.05, 3.63) is 58.4 Å². The first-order valence-electron chi connectivity index (χ1n) is 8.25. The summed E-state index contributed by atoms with van der Waals surface area (Å²) in [6.07, 6.45) is 1.08. The monoisotopic (exact) mass is 418 g/mol. The highest BCUT2D eigenvalue weighted by atomic mass is 32.2. The van der Waals surface area contributed by atoms with Gasteiger partial charge in [-0.25, -0.2) is 8.42 Å². The Hall–Kier alpha value is -2.78. The van der Waals surface area contributed by atoms with Crippen LogP contribution in [0.15, 0.2) is 52.4 Å². The summed E-state index contributed by atoms with van der Waals surface area (Å²) < 4.78 is 30.7. The minimum atomic E-state index is -3.44. The molecule has 0 saturated heterocycles. The smallest absolute Gasteiger partial charge is 0.325 e. The predicted octanol–water partition coefficient (Wildman–Crippen LogP) is 2.33. The van der Waals surface area contributed by atoms with Crippen LogP contribution in [-0.2, 0) is 25.9 Å². The molecular weight excluding hydrogens is 400 g/mol. The molecule has 3 rings (SSSR count). The van der Waals surface area contributed by atoms with Crippen molar-refractivity contribution in [2.75, 3.05) is 13.4 Å². The zero-order chi connectivity index (χ0) is 20.5. The van der Waals surface area contributed by atoms with Gasteiger partial charge in [-0.2, -0.15) is 4.99 Å². The largest absolute Gasteiger partial charge is 0.468 e. The van der Waals surface area contributed by atoms with E-state index in [4.69, 9.17) is 4.74 Å². The maximum atomic E-state index is 12.7. The summed E-state index contributed by atoms with van der Waals surface area (Å²) in [6, 6.07) is 11.4. The van der Waals surface area contributed by atoms with Gasteiger partial charge in [-0.1, -0.05) is 23.5 Å². The molecule has 0 fully saturated rings. The zero-order valence-corrected chi connectivity index (χ0v) is 17.1. The number of hydrogen-bond acceptors (Lipinski definition) is 6. The number of ether oxygens (including phenoxy) is 1. The Balaban J connectivity index is 2.14. The molecule has 1 heterocycles. The predicted molar refractivity (Wildman–Crippen MR) is 106 cm³/mol. The third-order valence-electron chi connectivity index (χ3n) is 4.06. The van der Waals surface area contributed by atoms with Crippen molar-refractivity contribution in [1.82, 2.24) is 4.57 Å². The van der Waals surface area contributed by atoms with Crippen molar-refractivity contribution in [2.45, 2.75) is 18.4 Å². The van der Waals surface area contributed by atoms with Gasteiger partial charge in [0.2, 0.25) is 0 Å². The van der Waals surface area contributed by atoms with Crippen LogP contribution in [0, 0.1) is 6.92 Å². The number of carbonyl (C=O) groups is 2. The molecule has 146 valence electrons. The van der Waals surface area contributed by atoms with Gasteiger partial charge in [0.05, 0.1) is 22.2 Å². The van der Waals surface area contributed by atoms with Crippen molar-refractivity contribution < 1.29 is 22.7 Å². The van der Waals surface area contributed by atoms with Crippen LogP contribution in [0.2, 0.25) is 0 Å². The van der Waals surface area contributed by atoms with Crippen LogP contribution in [-0.4, -0.2) is 38.2 Å². The Morgan fingerprint density at radius 1 is 1.18 bits per heavy atom. The lowest BCUT2D eigenvalue weighted by Gasteiger charge is -2.04. The van der Waals surface area contributed by atoms with E-state index in [2.05, 4.69) is 4.99 Å². The van der Waals surface area contributed by atoms with Crippen LogP contribution in [0.25, 0.3) is 10.2 Å². The summed E-state index contributed by atoms with van der Waals surface area (Å²) in [5.74, 6) is -1.05. The van der Waals surface area contributed by atoms with Gasteiger partial charge in [-0.15, -0.1) is 0 Å². The van der Waals surface area contributed by atoms with Crippen LogP contribution < -0.4 is 4.80 Å². The second-order valence-corrected chi connectivity index (χ2v) is 9.26. The highest BCUT2D eigenvalue weighted by molar-refractivity contribution is 7.90. The fraction of sp³-hybridized carbons (Fsp3) is 0.211. The minimum absolute atomic E-state index is 0.0444. The summed E-state index contributed by atoms with van der Waals surface area (Å²) >= 11 is 1.27. The summed E-state index contributed by atoms with van der Waals surface area (Å²) in [5.41, 5.74) is 1.95. The molecule has 0 saturated carbocycles. The lowest BCUT2D eigenvalue weighted by molar-refractivity contribution is -0.141. The number of benzene rings is 2. The standard InChI is InChI=1S/C19H18N2O5S2/c1-12-7-8-15-16(9-12)27-19(21(15)11-17(22)26-2)20-18(23)13-5-4-6-14(10-13)28(3,24)25/h4-10H,11H2,1-3H3. The van der Waals surface area contributed by atoms with E-state index in [1.165, 1.54) is 42.7 Å². The average molecular weight is 418 g/mol. The number of nitrogens with zero attached hydrogens (tertiary/aromatic N) is 2. The Labute approximate surface area is 165 Å². The van der Waals surface area contributed by atoms with Gasteiger partial charge >= 0.3 is 5.97 Å². The van der Waals surface area contributed by atoms with Crippen LogP contribution in [0.1, 0.15) is 15.9 Å². The molecule has 7 nitrogen and oxygen atoms in total. The molecule has 0 radical (unpaired) electrons. The molecule has 3 aromatic rings. The van der Waals surface area contributed by atoms with Gasteiger partial charge in [-0.3, -0.25) is 9.59 Å². The number of carbonyl (C=O) groups excluding carboxylic acids is 2. The summed E-state index contributed by atoms with van der Waals surface area (Å²) in [4.78, 5) is 29.0. The molecule has 1 amide bonds. The van der Waals surface area contributed by atoms with Crippen LogP contribution in [0.3, 0.4) is 0 Å². The Bertz CT molecular complexity index is 1250. The number of fused-ring (bicyclic) bond motifs is 1. The molecule has 0 N–H and O–H groups in total. The topological polar surface area (TPSA) is 94.8 Å². The summed E-state index contributed by atoms with van der Waals surface area (Å²) in [6.45, 7) is 1.86. The molecular formula is C19H18N2O5S2. The zero-order valence-electron chi connectivity index (χ0n) is 15.5. The fourth-order valence-corrected chi connectivity index (χ4v) is 4.42. The van der Waals surface area contributed by atoms with Crippen molar-refractivity contribution >= 4 is 43.3 Å². The van der Waals surface area contributed by atoms with E-state index in [1.807, 2.05) is 25.1 Å². The van der Waals surface area contributed by atoms with E-state index in [-0.39, 0.29) is 17.0 Å². The van der Waals surface area contributed by atoms with E-state index in [9.17, 15) is 18.0 Å². The number of aryl methyl sites for hydroxylation is 1. The first-order valence-corrected chi connectivity index (χ1v) is 11.0. The molecule has 0 spiro atoms. The number of sulfone groups is 1. The molecule has 0 aliphatic rings.